The minimum absolute atomic E-state index is 0.0451. The lowest BCUT2D eigenvalue weighted by molar-refractivity contribution is 0.0698. The van der Waals surface area contributed by atoms with Gasteiger partial charge in [-0.2, -0.15) is 4.31 Å². The molecule has 0 atom stereocenters. The van der Waals surface area contributed by atoms with E-state index in [-0.39, 0.29) is 5.91 Å². The molecule has 1 heterocycles. The molecule has 5 nitrogen and oxygen atoms in total. The average molecular weight is 358 g/mol. The topological polar surface area (TPSA) is 57.7 Å². The maximum absolute atomic E-state index is 12.8. The number of carbonyl (C=O) groups is 1. The lowest BCUT2D eigenvalue weighted by atomic mass is 10.1. The number of aryl methyl sites for hydroxylation is 2. The molecule has 2 aromatic rings. The van der Waals surface area contributed by atoms with E-state index in [1.807, 2.05) is 38.1 Å². The highest BCUT2D eigenvalue weighted by atomic mass is 32.2. The molecule has 0 spiro atoms. The first-order valence-corrected chi connectivity index (χ1v) is 9.75. The third-order valence-corrected chi connectivity index (χ3v) is 6.31. The molecule has 0 N–H and O–H groups in total. The minimum Gasteiger partial charge on any atom is -0.336 e. The second kappa shape index (κ2) is 6.98. The summed E-state index contributed by atoms with van der Waals surface area (Å²) in [4.78, 5) is 14.6. The van der Waals surface area contributed by atoms with Crippen molar-refractivity contribution < 1.29 is 13.2 Å². The Bertz CT molecular complexity index is 885. The van der Waals surface area contributed by atoms with E-state index in [9.17, 15) is 13.2 Å². The van der Waals surface area contributed by atoms with Gasteiger partial charge in [0, 0.05) is 31.7 Å². The number of amides is 1. The Morgan fingerprint density at radius 2 is 1.48 bits per heavy atom. The second-order valence-electron chi connectivity index (χ2n) is 6.38. The standard InChI is InChI=1S/C19H22N2O3S/c1-15-5-3-7-17(13-15)19(22)20-9-11-21(12-10-20)25(23,24)18-8-4-6-16(2)14-18/h3-8,13-14H,9-12H2,1-2H3. The molecule has 0 aliphatic carbocycles. The maximum atomic E-state index is 12.8. The first kappa shape index (κ1) is 17.6. The molecule has 6 heteroatoms. The Hall–Kier alpha value is -2.18. The fourth-order valence-corrected chi connectivity index (χ4v) is 4.54. The summed E-state index contributed by atoms with van der Waals surface area (Å²) in [5, 5.41) is 0. The van der Waals surface area contributed by atoms with Gasteiger partial charge in [0.2, 0.25) is 10.0 Å². The first-order chi connectivity index (χ1) is 11.9. The lowest BCUT2D eigenvalue weighted by Crippen LogP contribution is -2.50. The van der Waals surface area contributed by atoms with Gasteiger partial charge >= 0.3 is 0 Å². The highest BCUT2D eigenvalue weighted by molar-refractivity contribution is 7.89. The van der Waals surface area contributed by atoms with E-state index in [0.717, 1.165) is 11.1 Å². The van der Waals surface area contributed by atoms with E-state index < -0.39 is 10.0 Å². The molecule has 1 fully saturated rings. The molecule has 0 aromatic heterocycles. The van der Waals surface area contributed by atoms with Crippen LogP contribution in [-0.2, 0) is 10.0 Å². The van der Waals surface area contributed by atoms with E-state index in [4.69, 9.17) is 0 Å². The summed E-state index contributed by atoms with van der Waals surface area (Å²) in [6, 6.07) is 14.4. The van der Waals surface area contributed by atoms with Crippen LogP contribution in [0.5, 0.6) is 0 Å². The number of hydrogen-bond acceptors (Lipinski definition) is 3. The molecule has 3 rings (SSSR count). The highest BCUT2D eigenvalue weighted by Crippen LogP contribution is 2.19. The summed E-state index contributed by atoms with van der Waals surface area (Å²) in [6.45, 7) is 5.25. The number of nitrogens with zero attached hydrogens (tertiary/aromatic N) is 2. The van der Waals surface area contributed by atoms with Crippen LogP contribution in [0.1, 0.15) is 21.5 Å². The van der Waals surface area contributed by atoms with E-state index in [2.05, 4.69) is 0 Å². The van der Waals surface area contributed by atoms with Crippen molar-refractivity contribution in [2.45, 2.75) is 18.7 Å². The molecule has 1 amide bonds. The minimum atomic E-state index is -3.51. The molecule has 0 radical (unpaired) electrons. The number of piperazine rings is 1. The Morgan fingerprint density at radius 1 is 0.880 bits per heavy atom. The van der Waals surface area contributed by atoms with Crippen LogP contribution < -0.4 is 0 Å². The van der Waals surface area contributed by atoms with Crippen molar-refractivity contribution in [2.75, 3.05) is 26.2 Å². The highest BCUT2D eigenvalue weighted by Gasteiger charge is 2.30. The van der Waals surface area contributed by atoms with Gasteiger partial charge in [0.05, 0.1) is 4.90 Å². The summed E-state index contributed by atoms with van der Waals surface area (Å²) >= 11 is 0. The van der Waals surface area contributed by atoms with Crippen LogP contribution in [0.15, 0.2) is 53.4 Å². The van der Waals surface area contributed by atoms with Crippen LogP contribution in [-0.4, -0.2) is 49.7 Å². The summed E-state index contributed by atoms with van der Waals surface area (Å²) in [6.07, 6.45) is 0. The Kier molecular flexibility index (Phi) is 4.92. The summed E-state index contributed by atoms with van der Waals surface area (Å²) in [5.41, 5.74) is 2.59. The fourth-order valence-electron chi connectivity index (χ4n) is 3.02. The molecular weight excluding hydrogens is 336 g/mol. The zero-order chi connectivity index (χ0) is 18.0. The molecule has 2 aromatic carbocycles. The van der Waals surface area contributed by atoms with Crippen LogP contribution in [0.25, 0.3) is 0 Å². The number of carbonyl (C=O) groups excluding carboxylic acids is 1. The monoisotopic (exact) mass is 358 g/mol. The maximum Gasteiger partial charge on any atom is 0.253 e. The molecule has 0 bridgehead atoms. The number of benzene rings is 2. The molecule has 1 aliphatic rings. The third-order valence-electron chi connectivity index (χ3n) is 4.42. The molecule has 25 heavy (non-hydrogen) atoms. The fraction of sp³-hybridized carbons (Fsp3) is 0.316. The van der Waals surface area contributed by atoms with Crippen LogP contribution in [0.3, 0.4) is 0 Å². The summed E-state index contributed by atoms with van der Waals surface area (Å²) in [7, 11) is -3.51. The summed E-state index contributed by atoms with van der Waals surface area (Å²) in [5.74, 6) is -0.0451. The van der Waals surface area contributed by atoms with Gasteiger partial charge in [-0.15, -0.1) is 0 Å². The van der Waals surface area contributed by atoms with Gasteiger partial charge in [0.1, 0.15) is 0 Å². The van der Waals surface area contributed by atoms with Crippen molar-refractivity contribution in [3.8, 4) is 0 Å². The average Bonchev–Trinajstić information content (AvgIpc) is 2.61. The molecule has 0 unspecified atom stereocenters. The van der Waals surface area contributed by atoms with E-state index >= 15 is 0 Å². The Morgan fingerprint density at radius 3 is 2.08 bits per heavy atom. The van der Waals surface area contributed by atoms with Gasteiger partial charge in [0.15, 0.2) is 0 Å². The van der Waals surface area contributed by atoms with Crippen LogP contribution in [0, 0.1) is 13.8 Å². The van der Waals surface area contributed by atoms with Crippen molar-refractivity contribution in [3.05, 3.63) is 65.2 Å². The molecule has 0 saturated carbocycles. The first-order valence-electron chi connectivity index (χ1n) is 8.31. The van der Waals surface area contributed by atoms with Gasteiger partial charge in [0.25, 0.3) is 5.91 Å². The van der Waals surface area contributed by atoms with Crippen LogP contribution >= 0.6 is 0 Å². The zero-order valence-electron chi connectivity index (χ0n) is 14.5. The Labute approximate surface area is 148 Å². The largest absolute Gasteiger partial charge is 0.336 e. The van der Waals surface area contributed by atoms with Gasteiger partial charge in [-0.1, -0.05) is 29.8 Å². The van der Waals surface area contributed by atoms with Gasteiger partial charge in [-0.05, 0) is 43.7 Å². The summed E-state index contributed by atoms with van der Waals surface area (Å²) < 4.78 is 27.0. The normalized spacial score (nSPS) is 16.0. The van der Waals surface area contributed by atoms with Crippen molar-refractivity contribution in [3.63, 3.8) is 0 Å². The Balaban J connectivity index is 1.70. The molecule has 1 aliphatic heterocycles. The second-order valence-corrected chi connectivity index (χ2v) is 8.32. The van der Waals surface area contributed by atoms with E-state index in [0.29, 0.717) is 36.6 Å². The van der Waals surface area contributed by atoms with Gasteiger partial charge in [-0.3, -0.25) is 4.79 Å². The van der Waals surface area contributed by atoms with E-state index in [1.165, 1.54) is 4.31 Å². The SMILES string of the molecule is Cc1cccc(C(=O)N2CCN(S(=O)(=O)c3cccc(C)c3)CC2)c1. The van der Waals surface area contributed by atoms with Gasteiger partial charge in [-0.25, -0.2) is 8.42 Å². The zero-order valence-corrected chi connectivity index (χ0v) is 15.3. The predicted molar refractivity (Wildman–Crippen MR) is 97.0 cm³/mol. The van der Waals surface area contributed by atoms with Crippen molar-refractivity contribution in [1.82, 2.24) is 9.21 Å². The molecule has 1 saturated heterocycles. The quantitative estimate of drug-likeness (QED) is 0.847. The van der Waals surface area contributed by atoms with Crippen LogP contribution in [0.2, 0.25) is 0 Å². The smallest absolute Gasteiger partial charge is 0.253 e. The van der Waals surface area contributed by atoms with Crippen LogP contribution in [0.4, 0.5) is 0 Å². The number of hydrogen-bond donors (Lipinski definition) is 0. The predicted octanol–water partition coefficient (Wildman–Crippen LogP) is 2.45. The van der Waals surface area contributed by atoms with E-state index in [1.54, 1.807) is 29.2 Å². The van der Waals surface area contributed by atoms with Crippen molar-refractivity contribution in [1.29, 1.82) is 0 Å². The van der Waals surface area contributed by atoms with Crippen molar-refractivity contribution >= 4 is 15.9 Å². The third kappa shape index (κ3) is 3.75. The van der Waals surface area contributed by atoms with Crippen molar-refractivity contribution in [2.24, 2.45) is 0 Å². The lowest BCUT2D eigenvalue weighted by Gasteiger charge is -2.34. The number of rotatable bonds is 3. The molecule has 132 valence electrons. The number of sulfonamides is 1. The molecular formula is C19H22N2O3S. The van der Waals surface area contributed by atoms with Gasteiger partial charge < -0.3 is 4.90 Å².